The van der Waals surface area contributed by atoms with Crippen LogP contribution in [-0.4, -0.2) is 30.0 Å². The summed E-state index contributed by atoms with van der Waals surface area (Å²) in [5.74, 6) is 0.964. The second-order valence-corrected chi connectivity index (χ2v) is 5.93. The molecule has 0 unspecified atom stereocenters. The molecule has 1 aliphatic heterocycles. The Bertz CT molecular complexity index is 492. The minimum absolute atomic E-state index is 0.125. The van der Waals surface area contributed by atoms with E-state index in [-0.39, 0.29) is 12.0 Å². The van der Waals surface area contributed by atoms with Gasteiger partial charge in [-0.1, -0.05) is 6.07 Å². The van der Waals surface area contributed by atoms with Gasteiger partial charge in [-0.05, 0) is 68.7 Å². The van der Waals surface area contributed by atoms with E-state index in [1.807, 2.05) is 17.9 Å². The van der Waals surface area contributed by atoms with Gasteiger partial charge in [-0.15, -0.1) is 0 Å². The second-order valence-electron chi connectivity index (χ2n) is 5.93. The van der Waals surface area contributed by atoms with Crippen molar-refractivity contribution in [2.75, 3.05) is 13.1 Å². The molecule has 1 saturated heterocycles. The first-order chi connectivity index (χ1) is 9.74. The van der Waals surface area contributed by atoms with Crippen molar-refractivity contribution in [2.24, 2.45) is 0 Å². The van der Waals surface area contributed by atoms with Crippen molar-refractivity contribution < 1.29 is 9.53 Å². The molecule has 1 amide bonds. The molecule has 108 valence electrons. The van der Waals surface area contributed by atoms with Gasteiger partial charge >= 0.3 is 0 Å². The largest absolute Gasteiger partial charge is 0.481 e. The lowest BCUT2D eigenvalue weighted by molar-refractivity contribution is -0.136. The van der Waals surface area contributed by atoms with Crippen molar-refractivity contribution in [2.45, 2.75) is 51.6 Å². The molecule has 1 aromatic rings. The van der Waals surface area contributed by atoms with E-state index in [1.165, 1.54) is 30.4 Å². The summed E-state index contributed by atoms with van der Waals surface area (Å²) in [6, 6.07) is 6.30. The molecule has 0 saturated carbocycles. The van der Waals surface area contributed by atoms with Crippen LogP contribution < -0.4 is 4.74 Å². The molecule has 2 aliphatic rings. The Morgan fingerprint density at radius 3 is 2.55 bits per heavy atom. The van der Waals surface area contributed by atoms with E-state index in [1.54, 1.807) is 0 Å². The van der Waals surface area contributed by atoms with Crippen LogP contribution >= 0.6 is 0 Å². The highest BCUT2D eigenvalue weighted by Crippen LogP contribution is 2.26. The molecule has 0 radical (unpaired) electrons. The molecule has 1 aromatic carbocycles. The SMILES string of the molecule is C[C@@H](Oc1ccc2c(c1)CCCC2)C(=O)N1CCCC1. The predicted molar refractivity (Wildman–Crippen MR) is 79.0 cm³/mol. The first-order valence-corrected chi connectivity index (χ1v) is 7.81. The highest BCUT2D eigenvalue weighted by Gasteiger charge is 2.24. The lowest BCUT2D eigenvalue weighted by Crippen LogP contribution is -2.38. The van der Waals surface area contributed by atoms with Crippen LogP contribution in [0.3, 0.4) is 0 Å². The van der Waals surface area contributed by atoms with Crippen molar-refractivity contribution in [1.82, 2.24) is 4.90 Å². The summed E-state index contributed by atoms with van der Waals surface area (Å²) in [5, 5.41) is 0. The van der Waals surface area contributed by atoms with E-state index in [9.17, 15) is 4.79 Å². The van der Waals surface area contributed by atoms with Crippen LogP contribution in [-0.2, 0) is 17.6 Å². The molecule has 1 atom stereocenters. The monoisotopic (exact) mass is 273 g/mol. The number of hydrogen-bond acceptors (Lipinski definition) is 2. The maximum absolute atomic E-state index is 12.2. The van der Waals surface area contributed by atoms with Gasteiger partial charge in [-0.3, -0.25) is 4.79 Å². The number of nitrogens with zero attached hydrogens (tertiary/aromatic N) is 1. The van der Waals surface area contributed by atoms with Gasteiger partial charge < -0.3 is 9.64 Å². The van der Waals surface area contributed by atoms with E-state index in [4.69, 9.17) is 4.74 Å². The third kappa shape index (κ3) is 2.82. The number of benzene rings is 1. The molecule has 1 heterocycles. The normalized spacial score (nSPS) is 19.6. The number of amides is 1. The molecule has 0 N–H and O–H groups in total. The smallest absolute Gasteiger partial charge is 0.263 e. The third-order valence-electron chi connectivity index (χ3n) is 4.40. The Kier molecular flexibility index (Phi) is 3.95. The van der Waals surface area contributed by atoms with Crippen molar-refractivity contribution >= 4 is 5.91 Å². The molecular weight excluding hydrogens is 250 g/mol. The van der Waals surface area contributed by atoms with Gasteiger partial charge in [0.05, 0.1) is 0 Å². The summed E-state index contributed by atoms with van der Waals surface area (Å²) in [7, 11) is 0. The predicted octanol–water partition coefficient (Wildman–Crippen LogP) is 2.96. The number of hydrogen-bond donors (Lipinski definition) is 0. The molecular formula is C17H23NO2. The van der Waals surface area contributed by atoms with Crippen molar-refractivity contribution in [3.63, 3.8) is 0 Å². The van der Waals surface area contributed by atoms with Crippen LogP contribution in [0.5, 0.6) is 5.75 Å². The maximum atomic E-state index is 12.2. The fraction of sp³-hybridized carbons (Fsp3) is 0.588. The fourth-order valence-electron chi connectivity index (χ4n) is 3.23. The molecule has 20 heavy (non-hydrogen) atoms. The van der Waals surface area contributed by atoms with Gasteiger partial charge in [0.1, 0.15) is 5.75 Å². The standard InChI is InChI=1S/C17H23NO2/c1-13(17(19)18-10-4-5-11-18)20-16-9-8-14-6-2-3-7-15(14)12-16/h8-9,12-13H,2-7,10-11H2,1H3/t13-/m1/s1. The van der Waals surface area contributed by atoms with Crippen LogP contribution in [0, 0.1) is 0 Å². The number of aryl methyl sites for hydroxylation is 2. The van der Waals surface area contributed by atoms with Gasteiger partial charge in [-0.2, -0.15) is 0 Å². The summed E-state index contributed by atoms with van der Waals surface area (Å²) in [6.45, 7) is 3.63. The van der Waals surface area contributed by atoms with E-state index in [0.717, 1.165) is 38.1 Å². The second kappa shape index (κ2) is 5.86. The van der Waals surface area contributed by atoms with Gasteiger partial charge in [0.15, 0.2) is 6.10 Å². The van der Waals surface area contributed by atoms with Crippen LogP contribution in [0.1, 0.15) is 43.7 Å². The third-order valence-corrected chi connectivity index (χ3v) is 4.40. The van der Waals surface area contributed by atoms with Gasteiger partial charge in [0, 0.05) is 13.1 Å². The molecule has 3 heteroatoms. The van der Waals surface area contributed by atoms with Crippen LogP contribution in [0.4, 0.5) is 0 Å². The maximum Gasteiger partial charge on any atom is 0.263 e. The number of ether oxygens (including phenoxy) is 1. The topological polar surface area (TPSA) is 29.5 Å². The first kappa shape index (κ1) is 13.5. The Morgan fingerprint density at radius 1 is 1.10 bits per heavy atom. The van der Waals surface area contributed by atoms with Gasteiger partial charge in [-0.25, -0.2) is 0 Å². The highest BCUT2D eigenvalue weighted by molar-refractivity contribution is 5.81. The number of likely N-dealkylation sites (tertiary alicyclic amines) is 1. The van der Waals surface area contributed by atoms with Gasteiger partial charge in [0.2, 0.25) is 0 Å². The van der Waals surface area contributed by atoms with Gasteiger partial charge in [0.25, 0.3) is 5.91 Å². The molecule has 0 bridgehead atoms. The number of fused-ring (bicyclic) bond motifs is 1. The van der Waals surface area contributed by atoms with E-state index < -0.39 is 0 Å². The highest BCUT2D eigenvalue weighted by atomic mass is 16.5. The lowest BCUT2D eigenvalue weighted by atomic mass is 9.92. The van der Waals surface area contributed by atoms with E-state index in [2.05, 4.69) is 12.1 Å². The average molecular weight is 273 g/mol. The summed E-state index contributed by atoms with van der Waals surface area (Å²) >= 11 is 0. The summed E-state index contributed by atoms with van der Waals surface area (Å²) in [6.07, 6.45) is 6.73. The number of carbonyl (C=O) groups is 1. The summed E-state index contributed by atoms with van der Waals surface area (Å²) < 4.78 is 5.86. The molecule has 1 aliphatic carbocycles. The minimum Gasteiger partial charge on any atom is -0.481 e. The Balaban J connectivity index is 1.66. The molecule has 1 fully saturated rings. The minimum atomic E-state index is -0.380. The van der Waals surface area contributed by atoms with E-state index in [0.29, 0.717) is 0 Å². The van der Waals surface area contributed by atoms with Crippen molar-refractivity contribution in [3.05, 3.63) is 29.3 Å². The van der Waals surface area contributed by atoms with E-state index >= 15 is 0 Å². The van der Waals surface area contributed by atoms with Crippen LogP contribution in [0.2, 0.25) is 0 Å². The zero-order valence-electron chi connectivity index (χ0n) is 12.2. The fourth-order valence-corrected chi connectivity index (χ4v) is 3.23. The zero-order valence-corrected chi connectivity index (χ0v) is 12.2. The molecule has 0 aromatic heterocycles. The van der Waals surface area contributed by atoms with Crippen LogP contribution in [0.15, 0.2) is 18.2 Å². The first-order valence-electron chi connectivity index (χ1n) is 7.81. The Hall–Kier alpha value is -1.51. The summed E-state index contributed by atoms with van der Waals surface area (Å²) in [5.41, 5.74) is 2.84. The number of rotatable bonds is 3. The van der Waals surface area contributed by atoms with Crippen molar-refractivity contribution in [3.8, 4) is 5.75 Å². The zero-order chi connectivity index (χ0) is 13.9. The summed E-state index contributed by atoms with van der Waals surface area (Å²) in [4.78, 5) is 14.2. The number of carbonyl (C=O) groups excluding carboxylic acids is 1. The van der Waals surface area contributed by atoms with Crippen LogP contribution in [0.25, 0.3) is 0 Å². The Labute approximate surface area is 120 Å². The average Bonchev–Trinajstić information content (AvgIpc) is 3.00. The van der Waals surface area contributed by atoms with Crippen molar-refractivity contribution in [1.29, 1.82) is 0 Å². The Morgan fingerprint density at radius 2 is 1.80 bits per heavy atom. The molecule has 3 nitrogen and oxygen atoms in total. The quantitative estimate of drug-likeness (QED) is 0.847. The lowest BCUT2D eigenvalue weighted by Gasteiger charge is -2.22. The molecule has 0 spiro atoms. The molecule has 3 rings (SSSR count).